The first-order valence-corrected chi connectivity index (χ1v) is 9.71. The Hall–Kier alpha value is -2.41. The minimum Gasteiger partial charge on any atom is -0.450 e. The quantitative estimate of drug-likeness (QED) is 0.361. The van der Waals surface area contributed by atoms with E-state index in [9.17, 15) is 19.1 Å². The molecule has 1 aliphatic heterocycles. The maximum Gasteiger partial charge on any atom is 0.505 e. The van der Waals surface area contributed by atoms with Gasteiger partial charge in [-0.3, -0.25) is 4.79 Å². The van der Waals surface area contributed by atoms with Gasteiger partial charge in [0.25, 0.3) is 0 Å². The molecule has 1 amide bonds. The number of halogens is 1. The second-order valence-corrected chi connectivity index (χ2v) is 7.00. The molecule has 0 radical (unpaired) electrons. The van der Waals surface area contributed by atoms with Crippen molar-refractivity contribution in [2.75, 3.05) is 13.2 Å². The molecule has 1 aromatic carbocycles. The van der Waals surface area contributed by atoms with Crippen LogP contribution in [0.1, 0.15) is 44.1 Å². The molecule has 1 heterocycles. The maximum absolute atomic E-state index is 13.0. The lowest BCUT2D eigenvalue weighted by atomic mass is 9.99. The Labute approximate surface area is 164 Å². The van der Waals surface area contributed by atoms with Gasteiger partial charge < -0.3 is 19.8 Å². The number of benzene rings is 1. The molecule has 0 aromatic heterocycles. The van der Waals surface area contributed by atoms with Crippen molar-refractivity contribution in [2.24, 2.45) is 0 Å². The Morgan fingerprint density at radius 2 is 2.04 bits per heavy atom. The predicted octanol–water partition coefficient (Wildman–Crippen LogP) is 3.53. The topological polar surface area (TPSA) is 87.1 Å². The van der Waals surface area contributed by atoms with Crippen LogP contribution in [0, 0.1) is 5.82 Å². The van der Waals surface area contributed by atoms with Crippen LogP contribution in [0.2, 0.25) is 0 Å². The van der Waals surface area contributed by atoms with E-state index < -0.39 is 12.3 Å². The first-order valence-electron chi connectivity index (χ1n) is 9.71. The highest BCUT2D eigenvalue weighted by Crippen LogP contribution is 2.20. The molecule has 1 aromatic rings. The first-order chi connectivity index (χ1) is 13.5. The van der Waals surface area contributed by atoms with E-state index in [0.29, 0.717) is 25.8 Å². The molecule has 1 aliphatic rings. The number of piperidine rings is 1. The number of hydrogen-bond acceptors (Lipinski definition) is 4. The van der Waals surface area contributed by atoms with Gasteiger partial charge >= 0.3 is 6.16 Å². The summed E-state index contributed by atoms with van der Waals surface area (Å²) in [5, 5.41) is 18.7. The number of nitrogens with zero attached hydrogens (tertiary/aromatic N) is 1. The minimum absolute atomic E-state index is 0.0422. The second kappa shape index (κ2) is 11.4. The highest BCUT2D eigenvalue weighted by Gasteiger charge is 2.25. The van der Waals surface area contributed by atoms with Crippen molar-refractivity contribution >= 4 is 12.1 Å². The number of aliphatic hydroxyl groups excluding tert-OH is 1. The van der Waals surface area contributed by atoms with Crippen LogP contribution in [0.3, 0.4) is 0 Å². The molecule has 0 aliphatic carbocycles. The highest BCUT2D eigenvalue weighted by molar-refractivity contribution is 5.77. The van der Waals surface area contributed by atoms with Gasteiger partial charge in [0, 0.05) is 19.4 Å². The fourth-order valence-corrected chi connectivity index (χ4v) is 3.34. The predicted molar refractivity (Wildman–Crippen MR) is 102 cm³/mol. The zero-order valence-electron chi connectivity index (χ0n) is 15.9. The number of carbonyl (C=O) groups is 2. The monoisotopic (exact) mass is 393 g/mol. The van der Waals surface area contributed by atoms with Crippen molar-refractivity contribution in [3.63, 3.8) is 0 Å². The number of carbonyl (C=O) groups excluding carboxylic acids is 1. The molecule has 6 nitrogen and oxygen atoms in total. The van der Waals surface area contributed by atoms with Gasteiger partial charge in [-0.05, 0) is 49.8 Å². The highest BCUT2D eigenvalue weighted by atomic mass is 19.1. The Bertz CT molecular complexity index is 661. The van der Waals surface area contributed by atoms with Crippen molar-refractivity contribution in [1.29, 1.82) is 0 Å². The molecule has 28 heavy (non-hydrogen) atoms. The third-order valence-electron chi connectivity index (χ3n) is 4.79. The van der Waals surface area contributed by atoms with Crippen LogP contribution in [-0.2, 0) is 16.0 Å². The summed E-state index contributed by atoms with van der Waals surface area (Å²) in [6, 6.07) is 6.00. The number of amides is 1. The van der Waals surface area contributed by atoms with E-state index in [1.807, 2.05) is 11.0 Å². The molecule has 2 rings (SSSR count). The zero-order chi connectivity index (χ0) is 20.4. The van der Waals surface area contributed by atoms with Crippen LogP contribution >= 0.6 is 0 Å². The number of likely N-dealkylation sites (tertiary alicyclic amines) is 1. The Kier molecular flexibility index (Phi) is 8.94. The van der Waals surface area contributed by atoms with E-state index in [1.165, 1.54) is 12.1 Å². The van der Waals surface area contributed by atoms with Crippen molar-refractivity contribution in [3.05, 3.63) is 47.8 Å². The van der Waals surface area contributed by atoms with Crippen molar-refractivity contribution in [3.8, 4) is 0 Å². The average Bonchev–Trinajstić information content (AvgIpc) is 2.66. The summed E-state index contributed by atoms with van der Waals surface area (Å²) < 4.78 is 17.4. The van der Waals surface area contributed by atoms with Crippen molar-refractivity contribution in [1.82, 2.24) is 4.90 Å². The van der Waals surface area contributed by atoms with Crippen LogP contribution in [0.25, 0.3) is 0 Å². The molecule has 2 N–H and O–H groups in total. The van der Waals surface area contributed by atoms with E-state index >= 15 is 0 Å². The van der Waals surface area contributed by atoms with E-state index in [1.54, 1.807) is 18.2 Å². The van der Waals surface area contributed by atoms with Crippen molar-refractivity contribution < 1.29 is 28.9 Å². The van der Waals surface area contributed by atoms with Crippen LogP contribution < -0.4 is 0 Å². The summed E-state index contributed by atoms with van der Waals surface area (Å²) in [5.41, 5.74) is 0.846. The molecule has 0 bridgehead atoms. The number of carboxylic acid groups (broad SMARTS) is 1. The zero-order valence-corrected chi connectivity index (χ0v) is 15.9. The lowest BCUT2D eigenvalue weighted by molar-refractivity contribution is -0.135. The first kappa shape index (κ1) is 21.9. The molecule has 7 heteroatoms. The SMILES string of the molecule is O=C(O)OCCCCCN1C(=O)CCC[C@@H]1C=CC(O)Cc1ccc(F)cc1. The summed E-state index contributed by atoms with van der Waals surface area (Å²) in [6.45, 7) is 0.775. The van der Waals surface area contributed by atoms with Crippen molar-refractivity contribution in [2.45, 2.75) is 57.1 Å². The van der Waals surface area contributed by atoms with E-state index in [2.05, 4.69) is 4.74 Å². The molecule has 1 fully saturated rings. The van der Waals surface area contributed by atoms with E-state index in [4.69, 9.17) is 5.11 Å². The van der Waals surface area contributed by atoms with E-state index in [0.717, 1.165) is 31.2 Å². The van der Waals surface area contributed by atoms with Gasteiger partial charge in [0.05, 0.1) is 18.8 Å². The van der Waals surface area contributed by atoms with Gasteiger partial charge in [-0.15, -0.1) is 0 Å². The van der Waals surface area contributed by atoms with Gasteiger partial charge in [-0.25, -0.2) is 9.18 Å². The Morgan fingerprint density at radius 3 is 2.75 bits per heavy atom. The summed E-state index contributed by atoms with van der Waals surface area (Å²) in [6.07, 6.45) is 6.42. The normalized spacial score (nSPS) is 18.4. The summed E-state index contributed by atoms with van der Waals surface area (Å²) in [7, 11) is 0. The summed E-state index contributed by atoms with van der Waals surface area (Å²) in [4.78, 5) is 24.4. The van der Waals surface area contributed by atoms with Crippen LogP contribution in [0.15, 0.2) is 36.4 Å². The van der Waals surface area contributed by atoms with Gasteiger partial charge in [-0.2, -0.15) is 0 Å². The number of hydrogen-bond donors (Lipinski definition) is 2. The number of ether oxygens (including phenoxy) is 1. The second-order valence-electron chi connectivity index (χ2n) is 7.00. The van der Waals surface area contributed by atoms with Gasteiger partial charge in [-0.1, -0.05) is 24.3 Å². The number of rotatable bonds is 10. The Morgan fingerprint density at radius 1 is 1.29 bits per heavy atom. The third kappa shape index (κ3) is 7.68. The maximum atomic E-state index is 13.0. The lowest BCUT2D eigenvalue weighted by Crippen LogP contribution is -2.43. The molecule has 1 saturated heterocycles. The minimum atomic E-state index is -1.27. The molecule has 0 saturated carbocycles. The lowest BCUT2D eigenvalue weighted by Gasteiger charge is -2.34. The number of aliphatic hydroxyl groups is 1. The van der Waals surface area contributed by atoms with Gasteiger partial charge in [0.2, 0.25) is 5.91 Å². The molecule has 1 unspecified atom stereocenters. The third-order valence-corrected chi connectivity index (χ3v) is 4.79. The standard InChI is InChI=1S/C21H28FNO5/c22-17-9-7-16(8-10-17)15-19(24)12-11-18-5-4-6-20(25)23(18)13-2-1-3-14-28-21(26)27/h7-12,18-19,24H,1-6,13-15H2,(H,26,27)/t18-,19?/m1/s1. The largest absolute Gasteiger partial charge is 0.505 e. The van der Waals surface area contributed by atoms with E-state index in [-0.39, 0.29) is 24.4 Å². The fourth-order valence-electron chi connectivity index (χ4n) is 3.34. The van der Waals surface area contributed by atoms with Gasteiger partial charge in [0.15, 0.2) is 0 Å². The molecular weight excluding hydrogens is 365 g/mol. The molecular formula is C21H28FNO5. The van der Waals surface area contributed by atoms with Crippen LogP contribution in [-0.4, -0.2) is 52.5 Å². The summed E-state index contributed by atoms with van der Waals surface area (Å²) >= 11 is 0. The number of unbranched alkanes of at least 4 members (excludes halogenated alkanes) is 2. The molecule has 0 spiro atoms. The molecule has 2 atom stereocenters. The smallest absolute Gasteiger partial charge is 0.450 e. The summed E-state index contributed by atoms with van der Waals surface area (Å²) in [5.74, 6) is -0.199. The molecule has 154 valence electrons. The van der Waals surface area contributed by atoms with Crippen LogP contribution in [0.4, 0.5) is 9.18 Å². The average molecular weight is 393 g/mol. The van der Waals surface area contributed by atoms with Gasteiger partial charge in [0.1, 0.15) is 5.82 Å². The Balaban J connectivity index is 1.81. The van der Waals surface area contributed by atoms with Crippen LogP contribution in [0.5, 0.6) is 0 Å². The fraction of sp³-hybridized carbons (Fsp3) is 0.524.